The molecule has 0 spiro atoms. The summed E-state index contributed by atoms with van der Waals surface area (Å²) in [6, 6.07) is 11.5. The van der Waals surface area contributed by atoms with Gasteiger partial charge in [-0.2, -0.15) is 0 Å². The first-order valence-electron chi connectivity index (χ1n) is 6.62. The van der Waals surface area contributed by atoms with Crippen LogP contribution in [0.15, 0.2) is 42.6 Å². The van der Waals surface area contributed by atoms with Gasteiger partial charge in [0, 0.05) is 12.7 Å². The van der Waals surface area contributed by atoms with E-state index in [-0.39, 0.29) is 5.91 Å². The van der Waals surface area contributed by atoms with Gasteiger partial charge in [0.15, 0.2) is 0 Å². The topological polar surface area (TPSA) is 51.2 Å². The number of pyridine rings is 1. The molecule has 1 N–H and O–H groups in total. The quantitative estimate of drug-likeness (QED) is 0.908. The van der Waals surface area contributed by atoms with Gasteiger partial charge in [-0.1, -0.05) is 29.8 Å². The number of aromatic nitrogens is 1. The van der Waals surface area contributed by atoms with E-state index in [0.29, 0.717) is 24.6 Å². The van der Waals surface area contributed by atoms with Crippen molar-refractivity contribution < 1.29 is 9.53 Å². The Kier molecular flexibility index (Phi) is 4.71. The maximum Gasteiger partial charge on any atom is 0.257 e. The van der Waals surface area contributed by atoms with Crippen LogP contribution in [0.2, 0.25) is 0 Å². The van der Waals surface area contributed by atoms with E-state index in [4.69, 9.17) is 4.74 Å². The summed E-state index contributed by atoms with van der Waals surface area (Å²) in [4.78, 5) is 16.2. The fourth-order valence-electron chi connectivity index (χ4n) is 1.92. The van der Waals surface area contributed by atoms with Crippen LogP contribution < -0.4 is 10.1 Å². The zero-order valence-electron chi connectivity index (χ0n) is 11.7. The molecule has 0 aliphatic carbocycles. The first-order valence-corrected chi connectivity index (χ1v) is 6.62. The van der Waals surface area contributed by atoms with E-state index < -0.39 is 0 Å². The van der Waals surface area contributed by atoms with Crippen molar-refractivity contribution in [2.24, 2.45) is 0 Å². The van der Waals surface area contributed by atoms with Crippen LogP contribution in [0, 0.1) is 6.92 Å². The Morgan fingerprint density at radius 2 is 2.15 bits per heavy atom. The average Bonchev–Trinajstić information content (AvgIpc) is 2.46. The van der Waals surface area contributed by atoms with Crippen molar-refractivity contribution in [3.05, 3.63) is 59.3 Å². The summed E-state index contributed by atoms with van der Waals surface area (Å²) in [5.41, 5.74) is 2.70. The summed E-state index contributed by atoms with van der Waals surface area (Å²) in [6.07, 6.45) is 1.61. The van der Waals surface area contributed by atoms with Crippen LogP contribution in [0.1, 0.15) is 28.4 Å². The number of hydrogen-bond acceptors (Lipinski definition) is 3. The van der Waals surface area contributed by atoms with E-state index in [2.05, 4.69) is 10.3 Å². The predicted octanol–water partition coefficient (Wildman–Crippen LogP) is 2.72. The fourth-order valence-corrected chi connectivity index (χ4v) is 1.92. The monoisotopic (exact) mass is 270 g/mol. The van der Waals surface area contributed by atoms with E-state index in [1.54, 1.807) is 18.3 Å². The molecule has 0 atom stereocenters. The molecule has 0 fully saturated rings. The molecule has 4 nitrogen and oxygen atoms in total. The van der Waals surface area contributed by atoms with E-state index >= 15 is 0 Å². The highest BCUT2D eigenvalue weighted by Gasteiger charge is 2.12. The fraction of sp³-hybridized carbons (Fsp3) is 0.250. The van der Waals surface area contributed by atoms with Gasteiger partial charge in [-0.25, -0.2) is 4.98 Å². The molecular weight excluding hydrogens is 252 g/mol. The average molecular weight is 270 g/mol. The summed E-state index contributed by atoms with van der Waals surface area (Å²) in [5, 5.41) is 2.88. The van der Waals surface area contributed by atoms with Crippen molar-refractivity contribution in [3.8, 4) is 5.88 Å². The largest absolute Gasteiger partial charge is 0.477 e. The number of rotatable bonds is 5. The molecule has 4 heteroatoms. The molecule has 1 amide bonds. The molecule has 0 saturated heterocycles. The lowest BCUT2D eigenvalue weighted by Gasteiger charge is -2.09. The molecule has 0 saturated carbocycles. The lowest BCUT2D eigenvalue weighted by atomic mass is 10.1. The third-order valence-electron chi connectivity index (χ3n) is 2.83. The highest BCUT2D eigenvalue weighted by atomic mass is 16.5. The molecule has 1 aromatic heterocycles. The molecule has 20 heavy (non-hydrogen) atoms. The standard InChI is InChI=1S/C16H18N2O2/c1-3-20-16-14(8-5-9-17-16)15(19)18-11-13-7-4-6-12(2)10-13/h4-10H,3,11H2,1-2H3,(H,18,19). The number of nitrogens with zero attached hydrogens (tertiary/aromatic N) is 1. The molecule has 0 aliphatic heterocycles. The van der Waals surface area contributed by atoms with Crippen molar-refractivity contribution in [2.75, 3.05) is 6.61 Å². The predicted molar refractivity (Wildman–Crippen MR) is 77.8 cm³/mol. The Morgan fingerprint density at radius 1 is 1.30 bits per heavy atom. The summed E-state index contributed by atoms with van der Waals surface area (Å²) >= 11 is 0. The number of aryl methyl sites for hydroxylation is 1. The molecule has 1 aromatic carbocycles. The van der Waals surface area contributed by atoms with Crippen LogP contribution in [0.25, 0.3) is 0 Å². The van der Waals surface area contributed by atoms with Gasteiger partial charge in [-0.05, 0) is 31.5 Å². The van der Waals surface area contributed by atoms with Crippen LogP contribution in [-0.2, 0) is 6.54 Å². The molecule has 0 unspecified atom stereocenters. The number of benzene rings is 1. The zero-order valence-corrected chi connectivity index (χ0v) is 11.7. The van der Waals surface area contributed by atoms with Crippen molar-refractivity contribution in [1.29, 1.82) is 0 Å². The Bertz CT molecular complexity index is 597. The van der Waals surface area contributed by atoms with E-state index in [1.807, 2.05) is 38.1 Å². The Labute approximate surface area is 118 Å². The molecule has 2 rings (SSSR count). The van der Waals surface area contributed by atoms with Crippen molar-refractivity contribution in [3.63, 3.8) is 0 Å². The lowest BCUT2D eigenvalue weighted by Crippen LogP contribution is -2.23. The molecule has 0 aliphatic rings. The summed E-state index contributed by atoms with van der Waals surface area (Å²) in [7, 11) is 0. The summed E-state index contributed by atoms with van der Waals surface area (Å²) in [5.74, 6) is 0.194. The summed E-state index contributed by atoms with van der Waals surface area (Å²) in [6.45, 7) is 4.86. The first-order chi connectivity index (χ1) is 9.70. The van der Waals surface area contributed by atoms with Crippen LogP contribution >= 0.6 is 0 Å². The third kappa shape index (κ3) is 3.57. The second-order valence-electron chi connectivity index (χ2n) is 4.46. The van der Waals surface area contributed by atoms with Crippen LogP contribution in [0.4, 0.5) is 0 Å². The van der Waals surface area contributed by atoms with E-state index in [1.165, 1.54) is 5.56 Å². The number of carbonyl (C=O) groups excluding carboxylic acids is 1. The number of carbonyl (C=O) groups is 1. The van der Waals surface area contributed by atoms with Gasteiger partial charge in [0.25, 0.3) is 5.91 Å². The maximum absolute atomic E-state index is 12.2. The highest BCUT2D eigenvalue weighted by molar-refractivity contribution is 5.96. The van der Waals surface area contributed by atoms with Gasteiger partial charge in [0.2, 0.25) is 5.88 Å². The number of amides is 1. The van der Waals surface area contributed by atoms with Gasteiger partial charge in [-0.15, -0.1) is 0 Å². The van der Waals surface area contributed by atoms with E-state index in [9.17, 15) is 4.79 Å². The molecule has 104 valence electrons. The maximum atomic E-state index is 12.2. The smallest absolute Gasteiger partial charge is 0.257 e. The Balaban J connectivity index is 2.05. The SMILES string of the molecule is CCOc1ncccc1C(=O)NCc1cccc(C)c1. The third-order valence-corrected chi connectivity index (χ3v) is 2.83. The van der Waals surface area contributed by atoms with Gasteiger partial charge in [0.05, 0.1) is 6.61 Å². The van der Waals surface area contributed by atoms with Gasteiger partial charge in [0.1, 0.15) is 5.56 Å². The van der Waals surface area contributed by atoms with Gasteiger partial charge < -0.3 is 10.1 Å². The zero-order chi connectivity index (χ0) is 14.4. The Morgan fingerprint density at radius 3 is 2.90 bits per heavy atom. The number of hydrogen-bond donors (Lipinski definition) is 1. The normalized spacial score (nSPS) is 10.1. The molecule has 2 aromatic rings. The highest BCUT2D eigenvalue weighted by Crippen LogP contribution is 2.14. The van der Waals surface area contributed by atoms with Crippen molar-refractivity contribution in [1.82, 2.24) is 10.3 Å². The summed E-state index contributed by atoms with van der Waals surface area (Å²) < 4.78 is 5.36. The number of ether oxygens (including phenoxy) is 1. The molecule has 0 bridgehead atoms. The first kappa shape index (κ1) is 14.1. The minimum atomic E-state index is -0.178. The number of nitrogens with one attached hydrogen (secondary N) is 1. The van der Waals surface area contributed by atoms with Crippen molar-refractivity contribution >= 4 is 5.91 Å². The minimum absolute atomic E-state index is 0.178. The molecule has 1 heterocycles. The van der Waals surface area contributed by atoms with Crippen LogP contribution in [0.5, 0.6) is 5.88 Å². The lowest BCUT2D eigenvalue weighted by molar-refractivity contribution is 0.0946. The Hall–Kier alpha value is -2.36. The van der Waals surface area contributed by atoms with Gasteiger partial charge in [-0.3, -0.25) is 4.79 Å². The van der Waals surface area contributed by atoms with Crippen LogP contribution in [0.3, 0.4) is 0 Å². The molecule has 0 radical (unpaired) electrons. The van der Waals surface area contributed by atoms with Crippen LogP contribution in [-0.4, -0.2) is 17.5 Å². The second-order valence-corrected chi connectivity index (χ2v) is 4.46. The molecular formula is C16H18N2O2. The van der Waals surface area contributed by atoms with Crippen molar-refractivity contribution in [2.45, 2.75) is 20.4 Å². The second kappa shape index (κ2) is 6.70. The van der Waals surface area contributed by atoms with E-state index in [0.717, 1.165) is 5.56 Å². The minimum Gasteiger partial charge on any atom is -0.477 e. The van der Waals surface area contributed by atoms with Gasteiger partial charge >= 0.3 is 0 Å².